The molecule has 1 aliphatic rings. The molecule has 7 heteroatoms. The van der Waals surface area contributed by atoms with Crippen LogP contribution in [0.15, 0.2) is 33.7 Å². The predicted octanol–water partition coefficient (Wildman–Crippen LogP) is 1.39. The van der Waals surface area contributed by atoms with Crippen molar-refractivity contribution in [2.45, 2.75) is 30.3 Å². The summed E-state index contributed by atoms with van der Waals surface area (Å²) in [7, 11) is -3.24. The molecule has 0 bridgehead atoms. The van der Waals surface area contributed by atoms with E-state index in [1.165, 1.54) is 19.1 Å². The van der Waals surface area contributed by atoms with Gasteiger partial charge in [0.05, 0.1) is 11.4 Å². The maximum atomic E-state index is 11.5. The number of sulfone groups is 1. The Kier molecular flexibility index (Phi) is 3.31. The van der Waals surface area contributed by atoms with Gasteiger partial charge in [-0.05, 0) is 31.0 Å². The van der Waals surface area contributed by atoms with E-state index in [4.69, 9.17) is 4.52 Å². The molecule has 106 valence electrons. The maximum Gasteiger partial charge on any atom is 0.258 e. The van der Waals surface area contributed by atoms with Crippen LogP contribution in [0.4, 0.5) is 0 Å². The highest BCUT2D eigenvalue weighted by molar-refractivity contribution is 7.90. The van der Waals surface area contributed by atoms with E-state index in [-0.39, 0.29) is 4.90 Å². The predicted molar refractivity (Wildman–Crippen MR) is 72.7 cm³/mol. The number of nitrogens with zero attached hydrogens (tertiary/aromatic N) is 2. The van der Waals surface area contributed by atoms with Crippen molar-refractivity contribution in [1.82, 2.24) is 15.5 Å². The van der Waals surface area contributed by atoms with Gasteiger partial charge in [-0.2, -0.15) is 4.98 Å². The molecule has 0 atom stereocenters. The van der Waals surface area contributed by atoms with Crippen LogP contribution in [0.2, 0.25) is 0 Å². The van der Waals surface area contributed by atoms with Crippen LogP contribution in [0.3, 0.4) is 0 Å². The zero-order chi connectivity index (χ0) is 14.2. The summed E-state index contributed by atoms with van der Waals surface area (Å²) in [5.41, 5.74) is 0.609. The van der Waals surface area contributed by atoms with Gasteiger partial charge in [0.25, 0.3) is 5.89 Å². The first kappa shape index (κ1) is 13.3. The van der Waals surface area contributed by atoms with E-state index in [9.17, 15) is 8.42 Å². The van der Waals surface area contributed by atoms with Crippen LogP contribution in [0.5, 0.6) is 0 Å². The molecule has 0 amide bonds. The molecule has 3 rings (SSSR count). The van der Waals surface area contributed by atoms with E-state index in [1.54, 1.807) is 24.3 Å². The van der Waals surface area contributed by atoms with E-state index in [1.807, 2.05) is 0 Å². The lowest BCUT2D eigenvalue weighted by molar-refractivity contribution is 0.419. The van der Waals surface area contributed by atoms with Crippen LogP contribution in [0, 0.1) is 0 Å². The van der Waals surface area contributed by atoms with Gasteiger partial charge in [-0.1, -0.05) is 11.2 Å². The van der Waals surface area contributed by atoms with Crippen molar-refractivity contribution in [2.75, 3.05) is 6.26 Å². The molecular formula is C13H15N3O3S. The Morgan fingerprint density at radius 3 is 2.90 bits per heavy atom. The molecule has 1 saturated carbocycles. The maximum absolute atomic E-state index is 11.5. The zero-order valence-corrected chi connectivity index (χ0v) is 11.9. The molecule has 2 aromatic rings. The normalized spacial score (nSPS) is 15.4. The summed E-state index contributed by atoms with van der Waals surface area (Å²) in [5.74, 6) is 0.916. The first-order valence-electron chi connectivity index (χ1n) is 6.39. The molecule has 20 heavy (non-hydrogen) atoms. The van der Waals surface area contributed by atoms with Crippen molar-refractivity contribution in [3.05, 3.63) is 30.1 Å². The van der Waals surface area contributed by atoms with Crippen LogP contribution in [0.1, 0.15) is 18.7 Å². The average Bonchev–Trinajstić information content (AvgIpc) is 3.12. The summed E-state index contributed by atoms with van der Waals surface area (Å²) >= 11 is 0. The minimum atomic E-state index is -3.24. The van der Waals surface area contributed by atoms with Crippen molar-refractivity contribution in [3.8, 4) is 11.5 Å². The Morgan fingerprint density at radius 2 is 2.20 bits per heavy atom. The molecule has 1 heterocycles. The highest BCUT2D eigenvalue weighted by Crippen LogP contribution is 2.22. The number of rotatable bonds is 5. The van der Waals surface area contributed by atoms with Gasteiger partial charge >= 0.3 is 0 Å². The van der Waals surface area contributed by atoms with E-state index < -0.39 is 9.84 Å². The summed E-state index contributed by atoms with van der Waals surface area (Å²) in [5, 5.41) is 7.18. The number of hydrogen-bond acceptors (Lipinski definition) is 6. The van der Waals surface area contributed by atoms with Gasteiger partial charge in [0.1, 0.15) is 0 Å². The summed E-state index contributed by atoms with van der Waals surface area (Å²) in [6, 6.07) is 7.08. The van der Waals surface area contributed by atoms with E-state index >= 15 is 0 Å². The monoisotopic (exact) mass is 293 g/mol. The molecule has 0 unspecified atom stereocenters. The second-order valence-electron chi connectivity index (χ2n) is 4.97. The molecular weight excluding hydrogens is 278 g/mol. The summed E-state index contributed by atoms with van der Waals surface area (Å²) in [6.45, 7) is 0.569. The molecule has 1 fully saturated rings. The third kappa shape index (κ3) is 3.05. The fourth-order valence-electron chi connectivity index (χ4n) is 1.83. The molecule has 1 N–H and O–H groups in total. The Morgan fingerprint density at radius 1 is 1.40 bits per heavy atom. The first-order valence-corrected chi connectivity index (χ1v) is 8.28. The largest absolute Gasteiger partial charge is 0.334 e. The molecule has 0 aliphatic heterocycles. The summed E-state index contributed by atoms with van der Waals surface area (Å²) in [6.07, 6.45) is 3.56. The topological polar surface area (TPSA) is 85.1 Å². The standard InChI is InChI=1S/C13H15N3O3S/c1-20(17,18)11-4-2-3-9(7-11)13-15-12(16-19-13)8-14-10-5-6-10/h2-4,7,10,14H,5-6,8H2,1H3. The SMILES string of the molecule is CS(=O)(=O)c1cccc(-c2nc(CNC3CC3)no2)c1. The van der Waals surface area contributed by atoms with Crippen LogP contribution >= 0.6 is 0 Å². The minimum absolute atomic E-state index is 0.242. The quantitative estimate of drug-likeness (QED) is 0.896. The molecule has 0 spiro atoms. The van der Waals surface area contributed by atoms with Gasteiger partial charge in [-0.3, -0.25) is 0 Å². The van der Waals surface area contributed by atoms with Crippen molar-refractivity contribution in [1.29, 1.82) is 0 Å². The summed E-state index contributed by atoms with van der Waals surface area (Å²) in [4.78, 5) is 4.51. The van der Waals surface area contributed by atoms with Crippen LogP contribution < -0.4 is 5.32 Å². The van der Waals surface area contributed by atoms with Gasteiger partial charge in [-0.15, -0.1) is 0 Å². The molecule has 1 aromatic heterocycles. The Balaban J connectivity index is 1.81. The third-order valence-corrected chi connectivity index (χ3v) is 4.21. The lowest BCUT2D eigenvalue weighted by atomic mass is 10.2. The smallest absolute Gasteiger partial charge is 0.258 e. The average molecular weight is 293 g/mol. The summed E-state index contributed by atoms with van der Waals surface area (Å²) < 4.78 is 28.2. The Hall–Kier alpha value is -1.73. The van der Waals surface area contributed by atoms with Gasteiger partial charge in [0.2, 0.25) is 0 Å². The molecule has 1 aliphatic carbocycles. The fraction of sp³-hybridized carbons (Fsp3) is 0.385. The van der Waals surface area contributed by atoms with Crippen molar-refractivity contribution >= 4 is 9.84 Å². The van der Waals surface area contributed by atoms with Gasteiger partial charge in [0, 0.05) is 17.9 Å². The first-order chi connectivity index (χ1) is 9.52. The molecule has 0 radical (unpaired) electrons. The van der Waals surface area contributed by atoms with Crippen molar-refractivity contribution < 1.29 is 12.9 Å². The Bertz CT molecular complexity index is 720. The highest BCUT2D eigenvalue weighted by Gasteiger charge is 2.21. The highest BCUT2D eigenvalue weighted by atomic mass is 32.2. The van der Waals surface area contributed by atoms with Gasteiger partial charge in [0.15, 0.2) is 15.7 Å². The lowest BCUT2D eigenvalue weighted by Gasteiger charge is -1.99. The van der Waals surface area contributed by atoms with Crippen molar-refractivity contribution in [2.24, 2.45) is 0 Å². The van der Waals surface area contributed by atoms with E-state index in [0.29, 0.717) is 29.9 Å². The zero-order valence-electron chi connectivity index (χ0n) is 11.0. The number of nitrogens with one attached hydrogen (secondary N) is 1. The second kappa shape index (κ2) is 4.99. The second-order valence-corrected chi connectivity index (χ2v) is 6.99. The van der Waals surface area contributed by atoms with Crippen LogP contribution in [0.25, 0.3) is 11.5 Å². The lowest BCUT2D eigenvalue weighted by Crippen LogP contribution is -2.16. The molecule has 1 aromatic carbocycles. The number of benzene rings is 1. The molecule has 0 saturated heterocycles. The van der Waals surface area contributed by atoms with E-state index in [0.717, 1.165) is 0 Å². The van der Waals surface area contributed by atoms with Gasteiger partial charge in [-0.25, -0.2) is 8.42 Å². The number of aromatic nitrogens is 2. The van der Waals surface area contributed by atoms with Crippen LogP contribution in [-0.2, 0) is 16.4 Å². The van der Waals surface area contributed by atoms with Gasteiger partial charge < -0.3 is 9.84 Å². The number of hydrogen-bond donors (Lipinski definition) is 1. The van der Waals surface area contributed by atoms with Crippen LogP contribution in [-0.4, -0.2) is 30.9 Å². The fourth-order valence-corrected chi connectivity index (χ4v) is 2.49. The minimum Gasteiger partial charge on any atom is -0.334 e. The Labute approximate surface area is 117 Å². The van der Waals surface area contributed by atoms with Crippen molar-refractivity contribution in [3.63, 3.8) is 0 Å². The third-order valence-electron chi connectivity index (χ3n) is 3.10. The molecule has 6 nitrogen and oxygen atoms in total. The van der Waals surface area contributed by atoms with E-state index in [2.05, 4.69) is 15.5 Å².